The fourth-order valence-corrected chi connectivity index (χ4v) is 3.45. The summed E-state index contributed by atoms with van der Waals surface area (Å²) in [4.78, 5) is 12.0. The number of hydrogen-bond acceptors (Lipinski definition) is 4. The van der Waals surface area contributed by atoms with Crippen LogP contribution in [0.5, 0.6) is 0 Å². The molecule has 0 aliphatic heterocycles. The Morgan fingerprint density at radius 1 is 1.26 bits per heavy atom. The molecule has 1 amide bonds. The molecule has 0 radical (unpaired) electrons. The highest BCUT2D eigenvalue weighted by molar-refractivity contribution is 7.88. The van der Waals surface area contributed by atoms with Crippen LogP contribution in [0.2, 0.25) is 0 Å². The van der Waals surface area contributed by atoms with Crippen LogP contribution in [-0.2, 0) is 14.8 Å². The summed E-state index contributed by atoms with van der Waals surface area (Å²) >= 11 is 0. The van der Waals surface area contributed by atoms with Crippen LogP contribution in [0.1, 0.15) is 39.5 Å². The van der Waals surface area contributed by atoms with Gasteiger partial charge in [0.25, 0.3) is 0 Å². The number of nitrogens with one attached hydrogen (secondary N) is 2. The number of rotatable bonds is 5. The van der Waals surface area contributed by atoms with E-state index in [2.05, 4.69) is 10.0 Å². The van der Waals surface area contributed by atoms with Crippen LogP contribution >= 0.6 is 0 Å². The van der Waals surface area contributed by atoms with Crippen LogP contribution in [0, 0.1) is 5.92 Å². The van der Waals surface area contributed by atoms with Crippen molar-refractivity contribution in [2.75, 3.05) is 12.8 Å². The first-order valence-electron chi connectivity index (χ1n) is 6.61. The second-order valence-corrected chi connectivity index (χ2v) is 7.84. The van der Waals surface area contributed by atoms with Crippen molar-refractivity contribution in [1.82, 2.24) is 10.0 Å². The summed E-state index contributed by atoms with van der Waals surface area (Å²) < 4.78 is 24.9. The van der Waals surface area contributed by atoms with Crippen LogP contribution in [0.25, 0.3) is 0 Å². The molecule has 1 rings (SSSR count). The van der Waals surface area contributed by atoms with E-state index in [1.165, 1.54) is 0 Å². The molecule has 0 unspecified atom stereocenters. The summed E-state index contributed by atoms with van der Waals surface area (Å²) in [6.45, 7) is 3.76. The lowest BCUT2D eigenvalue weighted by atomic mass is 9.86. The third-order valence-electron chi connectivity index (χ3n) is 3.31. The average molecular weight is 291 g/mol. The molecule has 1 aliphatic rings. The zero-order chi connectivity index (χ0) is 14.7. The molecule has 0 atom stereocenters. The van der Waals surface area contributed by atoms with Crippen molar-refractivity contribution in [2.45, 2.75) is 51.1 Å². The molecule has 0 aromatic heterocycles. The number of sulfonamides is 1. The first kappa shape index (κ1) is 16.4. The van der Waals surface area contributed by atoms with E-state index < -0.39 is 15.6 Å². The van der Waals surface area contributed by atoms with Gasteiger partial charge in [-0.25, -0.2) is 13.1 Å². The van der Waals surface area contributed by atoms with Crippen LogP contribution in [0.15, 0.2) is 0 Å². The normalized spacial score (nSPS) is 25.1. The minimum Gasteiger partial charge on any atom is -0.354 e. The molecule has 0 aromatic rings. The lowest BCUT2D eigenvalue weighted by molar-refractivity contribution is -0.126. The van der Waals surface area contributed by atoms with Crippen molar-refractivity contribution in [1.29, 1.82) is 0 Å². The molecule has 0 heterocycles. The molecule has 1 aliphatic carbocycles. The number of amides is 1. The van der Waals surface area contributed by atoms with Crippen molar-refractivity contribution in [3.8, 4) is 0 Å². The molecule has 0 saturated heterocycles. The van der Waals surface area contributed by atoms with Crippen molar-refractivity contribution < 1.29 is 13.2 Å². The van der Waals surface area contributed by atoms with E-state index in [9.17, 15) is 13.2 Å². The lowest BCUT2D eigenvalue weighted by Crippen LogP contribution is -2.52. The third-order valence-corrected chi connectivity index (χ3v) is 4.23. The lowest BCUT2D eigenvalue weighted by Gasteiger charge is -2.29. The topological polar surface area (TPSA) is 101 Å². The van der Waals surface area contributed by atoms with E-state index in [4.69, 9.17) is 5.73 Å². The minimum atomic E-state index is -3.28. The van der Waals surface area contributed by atoms with Gasteiger partial charge in [0.15, 0.2) is 0 Å². The molecular formula is C12H25N3O3S. The largest absolute Gasteiger partial charge is 0.354 e. The molecule has 0 bridgehead atoms. The van der Waals surface area contributed by atoms with Crippen molar-refractivity contribution in [3.05, 3.63) is 0 Å². The number of carbonyl (C=O) groups is 1. The summed E-state index contributed by atoms with van der Waals surface area (Å²) in [6.07, 6.45) is 4.49. The van der Waals surface area contributed by atoms with E-state index in [1.807, 2.05) is 0 Å². The maximum Gasteiger partial charge on any atom is 0.223 e. The number of nitrogens with two attached hydrogens (primary N) is 1. The average Bonchev–Trinajstić information content (AvgIpc) is 2.24. The Labute approximate surface area is 115 Å². The van der Waals surface area contributed by atoms with Gasteiger partial charge in [0, 0.05) is 24.0 Å². The Hall–Kier alpha value is -0.660. The molecule has 0 spiro atoms. The third kappa shape index (κ3) is 6.35. The van der Waals surface area contributed by atoms with Gasteiger partial charge >= 0.3 is 0 Å². The van der Waals surface area contributed by atoms with Crippen LogP contribution in [0.3, 0.4) is 0 Å². The van der Waals surface area contributed by atoms with Gasteiger partial charge in [0.05, 0.1) is 6.26 Å². The Bertz CT molecular complexity index is 412. The fourth-order valence-electron chi connectivity index (χ4n) is 2.37. The second kappa shape index (κ2) is 6.19. The Morgan fingerprint density at radius 3 is 2.26 bits per heavy atom. The van der Waals surface area contributed by atoms with Gasteiger partial charge in [-0.15, -0.1) is 0 Å². The summed E-state index contributed by atoms with van der Waals surface area (Å²) in [6, 6.07) is 0.215. The number of carbonyl (C=O) groups excluding carboxylic acids is 1. The van der Waals surface area contributed by atoms with Crippen LogP contribution in [0.4, 0.5) is 0 Å². The minimum absolute atomic E-state index is 0.00437. The van der Waals surface area contributed by atoms with Gasteiger partial charge < -0.3 is 11.1 Å². The van der Waals surface area contributed by atoms with E-state index in [1.54, 1.807) is 13.8 Å². The highest BCUT2D eigenvalue weighted by Crippen LogP contribution is 2.23. The Kier molecular flexibility index (Phi) is 5.34. The molecular weight excluding hydrogens is 266 g/mol. The van der Waals surface area contributed by atoms with Crippen LogP contribution < -0.4 is 15.8 Å². The van der Waals surface area contributed by atoms with E-state index in [0.717, 1.165) is 31.9 Å². The summed E-state index contributed by atoms with van der Waals surface area (Å²) in [5.74, 6) is 0.00381. The molecule has 6 nitrogen and oxygen atoms in total. The smallest absolute Gasteiger partial charge is 0.223 e. The predicted octanol–water partition coefficient (Wildman–Crippen LogP) is -0.0521. The van der Waals surface area contributed by atoms with Gasteiger partial charge in [-0.05, 0) is 39.5 Å². The van der Waals surface area contributed by atoms with Gasteiger partial charge in [0.1, 0.15) is 0 Å². The van der Waals surface area contributed by atoms with E-state index in [0.29, 0.717) is 0 Å². The van der Waals surface area contributed by atoms with Crippen LogP contribution in [-0.4, -0.2) is 38.7 Å². The summed E-state index contributed by atoms with van der Waals surface area (Å²) in [7, 11) is -3.28. The first-order valence-corrected chi connectivity index (χ1v) is 8.50. The van der Waals surface area contributed by atoms with Gasteiger partial charge in [-0.2, -0.15) is 0 Å². The van der Waals surface area contributed by atoms with Gasteiger partial charge in [0.2, 0.25) is 15.9 Å². The quantitative estimate of drug-likeness (QED) is 0.661. The zero-order valence-electron chi connectivity index (χ0n) is 11.9. The monoisotopic (exact) mass is 291 g/mol. The first-order chi connectivity index (χ1) is 8.59. The zero-order valence-corrected chi connectivity index (χ0v) is 12.7. The Balaban J connectivity index is 2.41. The van der Waals surface area contributed by atoms with E-state index >= 15 is 0 Å². The molecule has 4 N–H and O–H groups in total. The summed E-state index contributed by atoms with van der Waals surface area (Å²) in [5.41, 5.74) is 5.12. The van der Waals surface area contributed by atoms with Gasteiger partial charge in [-0.3, -0.25) is 4.79 Å². The highest BCUT2D eigenvalue weighted by atomic mass is 32.2. The van der Waals surface area contributed by atoms with Crippen molar-refractivity contribution in [2.24, 2.45) is 11.7 Å². The van der Waals surface area contributed by atoms with Gasteiger partial charge in [-0.1, -0.05) is 0 Å². The standard InChI is InChI=1S/C12H25N3O3S/c1-12(2,15-19(3,17)18)8-14-11(16)9-4-6-10(13)7-5-9/h9-10,15H,4-8,13H2,1-3H3,(H,14,16). The van der Waals surface area contributed by atoms with E-state index in [-0.39, 0.29) is 24.4 Å². The SMILES string of the molecule is CC(C)(CNC(=O)C1CCC(N)CC1)NS(C)(=O)=O. The molecule has 1 fully saturated rings. The highest BCUT2D eigenvalue weighted by Gasteiger charge is 2.27. The fraction of sp³-hybridized carbons (Fsp3) is 0.917. The van der Waals surface area contributed by atoms with Crippen molar-refractivity contribution >= 4 is 15.9 Å². The maximum atomic E-state index is 12.0. The molecule has 112 valence electrons. The molecule has 1 saturated carbocycles. The summed E-state index contributed by atoms with van der Waals surface area (Å²) in [5, 5.41) is 2.82. The Morgan fingerprint density at radius 2 is 1.79 bits per heavy atom. The maximum absolute atomic E-state index is 12.0. The second-order valence-electron chi connectivity index (χ2n) is 6.09. The number of hydrogen-bond donors (Lipinski definition) is 3. The molecule has 7 heteroatoms. The van der Waals surface area contributed by atoms with Crippen molar-refractivity contribution in [3.63, 3.8) is 0 Å². The molecule has 19 heavy (non-hydrogen) atoms. The molecule has 0 aromatic carbocycles. The predicted molar refractivity (Wildman–Crippen MR) is 75.0 cm³/mol.